The SMILES string of the molecule is CN(Cc1ccccc1)c1nc2nc(O[C@@H]3CO[C@]4(I)[C@H](O)CO[C@]34I)[nH]c2cc1Cl. The Morgan fingerprint density at radius 2 is 1.97 bits per heavy atom. The van der Waals surface area contributed by atoms with Crippen LogP contribution in [-0.4, -0.2) is 59.7 Å². The third-order valence-corrected chi connectivity index (χ3v) is 10.4. The molecular weight excluding hydrogens is 650 g/mol. The molecule has 164 valence electrons. The number of nitrogens with one attached hydrogen (secondary N) is 1. The molecule has 2 fully saturated rings. The zero-order valence-electron chi connectivity index (χ0n) is 16.4. The van der Waals surface area contributed by atoms with E-state index in [0.717, 1.165) is 5.56 Å². The van der Waals surface area contributed by atoms with Gasteiger partial charge in [-0.2, -0.15) is 4.98 Å². The summed E-state index contributed by atoms with van der Waals surface area (Å²) in [5, 5.41) is 10.8. The number of hydrogen-bond acceptors (Lipinski definition) is 7. The van der Waals surface area contributed by atoms with Crippen LogP contribution in [0.2, 0.25) is 5.02 Å². The summed E-state index contributed by atoms with van der Waals surface area (Å²) < 4.78 is 16.1. The monoisotopic (exact) mass is 668 g/mol. The summed E-state index contributed by atoms with van der Waals surface area (Å²) in [6.45, 7) is 1.14. The lowest BCUT2D eigenvalue weighted by Crippen LogP contribution is -2.50. The van der Waals surface area contributed by atoms with Crippen LogP contribution in [0.3, 0.4) is 0 Å². The first kappa shape index (κ1) is 21.9. The van der Waals surface area contributed by atoms with Crippen LogP contribution in [0.5, 0.6) is 6.01 Å². The third kappa shape index (κ3) is 3.68. The van der Waals surface area contributed by atoms with Crippen LogP contribution in [0.4, 0.5) is 5.82 Å². The molecule has 4 atom stereocenters. The molecule has 11 heteroatoms. The number of benzene rings is 1. The van der Waals surface area contributed by atoms with E-state index < -0.39 is 19.4 Å². The van der Waals surface area contributed by atoms with Crippen LogP contribution < -0.4 is 9.64 Å². The number of fused-ring (bicyclic) bond motifs is 2. The number of halogens is 3. The van der Waals surface area contributed by atoms with Crippen LogP contribution in [0.1, 0.15) is 5.56 Å². The summed E-state index contributed by atoms with van der Waals surface area (Å²) in [6.07, 6.45) is -1.17. The van der Waals surface area contributed by atoms with Crippen molar-refractivity contribution in [2.75, 3.05) is 25.2 Å². The summed E-state index contributed by atoms with van der Waals surface area (Å²) in [6, 6.07) is 12.2. The van der Waals surface area contributed by atoms with Crippen molar-refractivity contribution in [2.24, 2.45) is 0 Å². The minimum atomic E-state index is -0.864. The summed E-state index contributed by atoms with van der Waals surface area (Å²) in [5.74, 6) is 0.638. The highest BCUT2D eigenvalue weighted by atomic mass is 127. The molecule has 0 radical (unpaired) electrons. The molecule has 2 aromatic heterocycles. The van der Waals surface area contributed by atoms with Gasteiger partial charge in [-0.3, -0.25) is 0 Å². The zero-order valence-corrected chi connectivity index (χ0v) is 21.5. The second kappa shape index (κ2) is 8.13. The molecule has 2 aliphatic heterocycles. The zero-order chi connectivity index (χ0) is 21.8. The Balaban J connectivity index is 1.38. The normalized spacial score (nSPS) is 30.0. The van der Waals surface area contributed by atoms with Crippen molar-refractivity contribution < 1.29 is 19.3 Å². The molecule has 8 nitrogen and oxygen atoms in total. The molecule has 2 aliphatic rings. The third-order valence-electron chi connectivity index (χ3n) is 5.47. The van der Waals surface area contributed by atoms with Crippen LogP contribution in [0.25, 0.3) is 11.2 Å². The fraction of sp³-hybridized carbons (Fsp3) is 0.400. The van der Waals surface area contributed by atoms with E-state index in [1.807, 2.05) is 30.1 Å². The molecule has 3 aromatic rings. The van der Waals surface area contributed by atoms with E-state index in [0.29, 0.717) is 34.6 Å². The molecule has 0 amide bonds. The molecule has 5 rings (SSSR count). The van der Waals surface area contributed by atoms with Crippen molar-refractivity contribution in [3.63, 3.8) is 0 Å². The molecule has 2 N–H and O–H groups in total. The predicted octanol–water partition coefficient (Wildman–Crippen LogP) is 3.68. The number of anilines is 1. The number of H-pyrrole nitrogens is 1. The standard InChI is InChI=1S/C20H19ClI2N4O4/c1-27(8-11-5-3-2-4-6-11)17-12(21)7-13-16(25-17)26-18(24-13)31-15-10-30-19(22)14(28)9-29-20(15,19)23/h2-7,14-15,28H,8-10H2,1H3,(H,24,25,26)/t14-,15-,19-,20-/m1/s1. The lowest BCUT2D eigenvalue weighted by Gasteiger charge is -2.31. The van der Waals surface area contributed by atoms with Gasteiger partial charge in [-0.05, 0) is 56.8 Å². The maximum absolute atomic E-state index is 10.3. The van der Waals surface area contributed by atoms with Crippen molar-refractivity contribution in [3.8, 4) is 6.01 Å². The molecule has 1 aromatic carbocycles. The molecule has 2 saturated heterocycles. The molecule has 4 heterocycles. The highest BCUT2D eigenvalue weighted by molar-refractivity contribution is 14.1. The van der Waals surface area contributed by atoms with Gasteiger partial charge in [0.05, 0.1) is 23.8 Å². The Kier molecular flexibility index (Phi) is 5.74. The molecule has 0 aliphatic carbocycles. The van der Waals surface area contributed by atoms with Gasteiger partial charge in [-0.25, -0.2) is 4.98 Å². The predicted molar refractivity (Wildman–Crippen MR) is 133 cm³/mol. The molecule has 0 unspecified atom stereocenters. The maximum atomic E-state index is 10.3. The highest BCUT2D eigenvalue weighted by Crippen LogP contribution is 2.55. The van der Waals surface area contributed by atoms with Gasteiger partial charge in [0, 0.05) is 13.6 Å². The van der Waals surface area contributed by atoms with E-state index >= 15 is 0 Å². The first-order valence-corrected chi connectivity index (χ1v) is 12.2. The van der Waals surface area contributed by atoms with E-state index in [1.54, 1.807) is 6.07 Å². The van der Waals surface area contributed by atoms with E-state index in [4.69, 9.17) is 25.8 Å². The maximum Gasteiger partial charge on any atom is 0.296 e. The number of aromatic nitrogens is 3. The summed E-state index contributed by atoms with van der Waals surface area (Å²) in [5.41, 5.74) is 2.33. The number of aromatic amines is 1. The second-order valence-corrected chi connectivity index (χ2v) is 11.2. The van der Waals surface area contributed by atoms with E-state index in [2.05, 4.69) is 72.3 Å². The number of nitrogens with zero attached hydrogens (tertiary/aromatic N) is 3. The average Bonchev–Trinajstić information content (AvgIpc) is 3.33. The second-order valence-electron chi connectivity index (χ2n) is 7.58. The fourth-order valence-corrected chi connectivity index (χ4v) is 5.99. The van der Waals surface area contributed by atoms with Crippen molar-refractivity contribution in [1.29, 1.82) is 0 Å². The van der Waals surface area contributed by atoms with Gasteiger partial charge in [0.1, 0.15) is 11.9 Å². The van der Waals surface area contributed by atoms with Crippen LogP contribution in [-0.2, 0) is 16.0 Å². The quantitative estimate of drug-likeness (QED) is 0.317. The lowest BCUT2D eigenvalue weighted by atomic mass is 10.1. The number of pyridine rings is 1. The molecule has 0 saturated carbocycles. The van der Waals surface area contributed by atoms with Crippen LogP contribution in [0, 0.1) is 0 Å². The number of rotatable bonds is 5. The molecule has 0 bridgehead atoms. The number of aliphatic hydroxyl groups excluding tert-OH is 1. The van der Waals surface area contributed by atoms with Gasteiger partial charge in [0.15, 0.2) is 19.0 Å². The van der Waals surface area contributed by atoms with E-state index in [1.165, 1.54) is 0 Å². The number of imidazole rings is 1. The van der Waals surface area contributed by atoms with Crippen molar-refractivity contribution in [1.82, 2.24) is 15.0 Å². The van der Waals surface area contributed by atoms with Gasteiger partial charge in [0.25, 0.3) is 6.01 Å². The first-order chi connectivity index (χ1) is 14.8. The Labute approximate surface area is 210 Å². The van der Waals surface area contributed by atoms with Crippen molar-refractivity contribution in [3.05, 3.63) is 47.0 Å². The minimum absolute atomic E-state index is 0.195. The average molecular weight is 669 g/mol. The number of hydrogen-bond donors (Lipinski definition) is 2. The van der Waals surface area contributed by atoms with E-state index in [9.17, 15) is 5.11 Å². The molecular formula is C20H19ClI2N4O4. The van der Waals surface area contributed by atoms with Gasteiger partial charge in [-0.1, -0.05) is 41.9 Å². The van der Waals surface area contributed by atoms with Gasteiger partial charge >= 0.3 is 0 Å². The topological polar surface area (TPSA) is 92.7 Å². The Morgan fingerprint density at radius 3 is 2.74 bits per heavy atom. The Hall–Kier alpha value is -0.930. The summed E-state index contributed by atoms with van der Waals surface area (Å²) in [4.78, 5) is 14.2. The molecule has 31 heavy (non-hydrogen) atoms. The van der Waals surface area contributed by atoms with Crippen molar-refractivity contribution in [2.45, 2.75) is 26.0 Å². The summed E-state index contributed by atoms with van der Waals surface area (Å²) in [7, 11) is 1.94. The number of aliphatic hydroxyl groups is 1. The highest BCUT2D eigenvalue weighted by Gasteiger charge is 2.69. The lowest BCUT2D eigenvalue weighted by molar-refractivity contribution is 0.000676. The summed E-state index contributed by atoms with van der Waals surface area (Å²) >= 11 is 10.8. The van der Waals surface area contributed by atoms with Crippen molar-refractivity contribution >= 4 is 73.8 Å². The van der Waals surface area contributed by atoms with E-state index in [-0.39, 0.29) is 13.2 Å². The van der Waals surface area contributed by atoms with Gasteiger partial charge in [-0.15, -0.1) is 0 Å². The van der Waals surface area contributed by atoms with Gasteiger partial charge < -0.3 is 29.2 Å². The number of ether oxygens (including phenoxy) is 3. The van der Waals surface area contributed by atoms with Crippen LogP contribution in [0.15, 0.2) is 36.4 Å². The van der Waals surface area contributed by atoms with Crippen LogP contribution >= 0.6 is 56.8 Å². The fourth-order valence-electron chi connectivity index (χ4n) is 3.83. The Bertz CT molecular complexity index is 1120. The molecule has 0 spiro atoms. The first-order valence-electron chi connectivity index (χ1n) is 9.62. The smallest absolute Gasteiger partial charge is 0.296 e. The largest absolute Gasteiger partial charge is 0.455 e. The Morgan fingerprint density at radius 1 is 1.23 bits per heavy atom. The van der Waals surface area contributed by atoms with Gasteiger partial charge in [0.2, 0.25) is 0 Å². The minimum Gasteiger partial charge on any atom is -0.455 e. The number of alkyl halides is 2.